The van der Waals surface area contributed by atoms with Crippen LogP contribution in [0.3, 0.4) is 0 Å². The van der Waals surface area contributed by atoms with Crippen LogP contribution in [0.1, 0.15) is 10.4 Å². The molecule has 0 heterocycles. The van der Waals surface area contributed by atoms with Crippen molar-refractivity contribution in [2.45, 2.75) is 4.90 Å². The van der Waals surface area contributed by atoms with Crippen molar-refractivity contribution in [1.29, 1.82) is 5.26 Å². The molecule has 2 aromatic carbocycles. The summed E-state index contributed by atoms with van der Waals surface area (Å²) >= 11 is 1.46. The summed E-state index contributed by atoms with van der Waals surface area (Å²) in [6.45, 7) is 0. The second-order valence-corrected chi connectivity index (χ2v) is 5.21. The third-order valence-electron chi connectivity index (χ3n) is 2.75. The Balaban J connectivity index is 2.03. The molecule has 21 heavy (non-hydrogen) atoms. The highest BCUT2D eigenvalue weighted by Crippen LogP contribution is 2.20. The maximum Gasteiger partial charge on any atom is 0.255 e. The minimum atomic E-state index is -0.189. The zero-order valence-corrected chi connectivity index (χ0v) is 12.3. The summed E-state index contributed by atoms with van der Waals surface area (Å²) in [5.74, 6) is 0.868. The topological polar surface area (TPSA) is 62.1 Å². The van der Waals surface area contributed by atoms with Gasteiger partial charge in [-0.25, -0.2) is 0 Å². The zero-order valence-electron chi connectivity index (χ0n) is 11.5. The summed E-state index contributed by atoms with van der Waals surface area (Å²) in [7, 11) is 1.56. The standard InChI is InChI=1S/C16H14N2O2S/c1-20-14-4-2-3-12(11-14)16(19)18-13-5-7-15(8-6-13)21-10-9-17/h2-8,11H,10H2,1H3,(H,18,19). The quantitative estimate of drug-likeness (QED) is 0.857. The van der Waals surface area contributed by atoms with Crippen LogP contribution in [-0.2, 0) is 0 Å². The number of anilines is 1. The summed E-state index contributed by atoms with van der Waals surface area (Å²) in [4.78, 5) is 13.1. The van der Waals surface area contributed by atoms with Crippen LogP contribution in [0.15, 0.2) is 53.4 Å². The van der Waals surface area contributed by atoms with Crippen molar-refractivity contribution in [1.82, 2.24) is 0 Å². The number of hydrogen-bond acceptors (Lipinski definition) is 4. The summed E-state index contributed by atoms with van der Waals surface area (Å²) in [5.41, 5.74) is 1.25. The van der Waals surface area contributed by atoms with E-state index in [4.69, 9.17) is 10.00 Å². The van der Waals surface area contributed by atoms with Crippen molar-refractivity contribution in [3.63, 3.8) is 0 Å². The Morgan fingerprint density at radius 1 is 1.29 bits per heavy atom. The highest BCUT2D eigenvalue weighted by atomic mass is 32.2. The Morgan fingerprint density at radius 3 is 2.71 bits per heavy atom. The second-order valence-electron chi connectivity index (χ2n) is 4.16. The molecule has 0 unspecified atom stereocenters. The van der Waals surface area contributed by atoms with Gasteiger partial charge in [0, 0.05) is 16.1 Å². The zero-order chi connectivity index (χ0) is 15.1. The molecule has 106 valence electrons. The number of carbonyl (C=O) groups excluding carboxylic acids is 1. The van der Waals surface area contributed by atoms with Crippen LogP contribution in [-0.4, -0.2) is 18.8 Å². The number of carbonyl (C=O) groups is 1. The van der Waals surface area contributed by atoms with E-state index in [2.05, 4.69) is 11.4 Å². The average Bonchev–Trinajstić information content (AvgIpc) is 2.54. The summed E-state index contributed by atoms with van der Waals surface area (Å²) in [5, 5.41) is 11.4. The van der Waals surface area contributed by atoms with Gasteiger partial charge in [-0.3, -0.25) is 4.79 Å². The molecule has 4 nitrogen and oxygen atoms in total. The number of nitriles is 1. The smallest absolute Gasteiger partial charge is 0.255 e. The minimum Gasteiger partial charge on any atom is -0.497 e. The average molecular weight is 298 g/mol. The van der Waals surface area contributed by atoms with Gasteiger partial charge in [-0.05, 0) is 42.5 Å². The first-order valence-corrected chi connectivity index (χ1v) is 7.26. The van der Waals surface area contributed by atoms with Gasteiger partial charge in [-0.15, -0.1) is 11.8 Å². The van der Waals surface area contributed by atoms with E-state index in [9.17, 15) is 4.79 Å². The van der Waals surface area contributed by atoms with Crippen molar-refractivity contribution in [3.05, 3.63) is 54.1 Å². The highest BCUT2D eigenvalue weighted by Gasteiger charge is 2.07. The van der Waals surface area contributed by atoms with E-state index in [0.717, 1.165) is 4.90 Å². The molecule has 5 heteroatoms. The van der Waals surface area contributed by atoms with Crippen molar-refractivity contribution in [2.75, 3.05) is 18.2 Å². The number of thioether (sulfide) groups is 1. The van der Waals surface area contributed by atoms with Gasteiger partial charge >= 0.3 is 0 Å². The van der Waals surface area contributed by atoms with E-state index in [0.29, 0.717) is 22.8 Å². The normalized spacial score (nSPS) is 9.71. The Labute approximate surface area is 127 Å². The number of methoxy groups -OCH3 is 1. The molecule has 0 atom stereocenters. The fraction of sp³-hybridized carbons (Fsp3) is 0.125. The fourth-order valence-corrected chi connectivity index (χ4v) is 2.28. The van der Waals surface area contributed by atoms with Gasteiger partial charge in [-0.1, -0.05) is 6.07 Å². The second kappa shape index (κ2) is 7.36. The number of amides is 1. The lowest BCUT2D eigenvalue weighted by Crippen LogP contribution is -2.11. The number of ether oxygens (including phenoxy) is 1. The molecule has 0 aliphatic heterocycles. The molecule has 2 aromatic rings. The van der Waals surface area contributed by atoms with Crippen LogP contribution in [0.2, 0.25) is 0 Å². The molecule has 2 rings (SSSR count). The number of benzene rings is 2. The molecule has 1 N–H and O–H groups in total. The van der Waals surface area contributed by atoms with E-state index in [1.165, 1.54) is 11.8 Å². The van der Waals surface area contributed by atoms with E-state index in [1.54, 1.807) is 31.4 Å². The maximum absolute atomic E-state index is 12.1. The molecule has 0 aromatic heterocycles. The lowest BCUT2D eigenvalue weighted by Gasteiger charge is -2.07. The molecule has 0 bridgehead atoms. The number of hydrogen-bond donors (Lipinski definition) is 1. The number of nitrogens with one attached hydrogen (secondary N) is 1. The molecule has 0 saturated heterocycles. The van der Waals surface area contributed by atoms with E-state index < -0.39 is 0 Å². The van der Waals surface area contributed by atoms with E-state index in [-0.39, 0.29) is 5.91 Å². The van der Waals surface area contributed by atoms with E-state index in [1.807, 2.05) is 24.3 Å². The predicted molar refractivity (Wildman–Crippen MR) is 83.7 cm³/mol. The van der Waals surface area contributed by atoms with Crippen LogP contribution >= 0.6 is 11.8 Å². The third kappa shape index (κ3) is 4.26. The van der Waals surface area contributed by atoms with Crippen molar-refractivity contribution >= 4 is 23.4 Å². The first kappa shape index (κ1) is 14.9. The maximum atomic E-state index is 12.1. The van der Waals surface area contributed by atoms with Crippen molar-refractivity contribution < 1.29 is 9.53 Å². The summed E-state index contributed by atoms with van der Waals surface area (Å²) in [6, 6.07) is 16.4. The van der Waals surface area contributed by atoms with Gasteiger partial charge in [0.15, 0.2) is 0 Å². The first-order chi connectivity index (χ1) is 10.2. The molecule has 0 saturated carbocycles. The highest BCUT2D eigenvalue weighted by molar-refractivity contribution is 7.99. The number of nitrogens with zero attached hydrogens (tertiary/aromatic N) is 1. The lowest BCUT2D eigenvalue weighted by molar-refractivity contribution is 0.102. The third-order valence-corrected chi connectivity index (χ3v) is 3.63. The Kier molecular flexibility index (Phi) is 5.24. The van der Waals surface area contributed by atoms with Crippen molar-refractivity contribution in [2.24, 2.45) is 0 Å². The largest absolute Gasteiger partial charge is 0.497 e. The molecular formula is C16H14N2O2S. The summed E-state index contributed by atoms with van der Waals surface area (Å²) in [6.07, 6.45) is 0. The van der Waals surface area contributed by atoms with E-state index >= 15 is 0 Å². The number of rotatable bonds is 5. The van der Waals surface area contributed by atoms with Crippen LogP contribution in [0, 0.1) is 11.3 Å². The Morgan fingerprint density at radius 2 is 2.05 bits per heavy atom. The van der Waals surface area contributed by atoms with Crippen LogP contribution in [0.5, 0.6) is 5.75 Å². The van der Waals surface area contributed by atoms with Crippen molar-refractivity contribution in [3.8, 4) is 11.8 Å². The SMILES string of the molecule is COc1cccc(C(=O)Nc2ccc(SCC#N)cc2)c1. The van der Waals surface area contributed by atoms with Gasteiger partial charge in [0.2, 0.25) is 0 Å². The molecule has 1 amide bonds. The van der Waals surface area contributed by atoms with Crippen LogP contribution in [0.4, 0.5) is 5.69 Å². The molecule has 0 radical (unpaired) electrons. The monoisotopic (exact) mass is 298 g/mol. The van der Waals surface area contributed by atoms with Crippen LogP contribution < -0.4 is 10.1 Å². The molecular weight excluding hydrogens is 284 g/mol. The van der Waals surface area contributed by atoms with Gasteiger partial charge in [0.1, 0.15) is 5.75 Å². The molecule has 0 aliphatic rings. The van der Waals surface area contributed by atoms with Gasteiger partial charge < -0.3 is 10.1 Å². The first-order valence-electron chi connectivity index (χ1n) is 6.28. The molecule has 0 fully saturated rings. The van der Waals surface area contributed by atoms with Crippen LogP contribution in [0.25, 0.3) is 0 Å². The fourth-order valence-electron chi connectivity index (χ4n) is 1.72. The van der Waals surface area contributed by atoms with Gasteiger partial charge in [0.05, 0.1) is 18.9 Å². The van der Waals surface area contributed by atoms with Gasteiger partial charge in [-0.2, -0.15) is 5.26 Å². The molecule has 0 aliphatic carbocycles. The van der Waals surface area contributed by atoms with Gasteiger partial charge in [0.25, 0.3) is 5.91 Å². The predicted octanol–water partition coefficient (Wildman–Crippen LogP) is 3.56. The Bertz CT molecular complexity index is 663. The molecule has 0 spiro atoms. The summed E-state index contributed by atoms with van der Waals surface area (Å²) < 4.78 is 5.10. The lowest BCUT2D eigenvalue weighted by atomic mass is 10.2. The Hall–Kier alpha value is -2.45. The minimum absolute atomic E-state index is 0.189.